The maximum Gasteiger partial charge on any atom is 0.149 e. The van der Waals surface area contributed by atoms with Gasteiger partial charge in [-0.15, -0.1) is 0 Å². The fourth-order valence-electron chi connectivity index (χ4n) is 4.77. The van der Waals surface area contributed by atoms with Gasteiger partial charge in [0.2, 0.25) is 0 Å². The van der Waals surface area contributed by atoms with Crippen molar-refractivity contribution in [2.24, 2.45) is 10.8 Å². The second-order valence-corrected chi connectivity index (χ2v) is 7.90. The van der Waals surface area contributed by atoms with Gasteiger partial charge < -0.3 is 25.5 Å². The average molecular weight is 330 g/mol. The molecule has 0 aromatic heterocycles. The molecule has 4 aliphatic heterocycles. The van der Waals surface area contributed by atoms with Crippen molar-refractivity contribution in [2.45, 2.75) is 44.4 Å². The number of aliphatic hydroxyl groups excluding tert-OH is 5. The minimum Gasteiger partial charge on any atom is -0.394 e. The van der Waals surface area contributed by atoms with Crippen LogP contribution in [0.4, 0.5) is 0 Å². The van der Waals surface area contributed by atoms with Gasteiger partial charge in [-0.05, 0) is 0 Å². The summed E-state index contributed by atoms with van der Waals surface area (Å²) >= 11 is 0. The minimum absolute atomic E-state index is 0.252. The number of carbonyl (C=O) groups is 1. The van der Waals surface area contributed by atoms with Crippen LogP contribution >= 0.6 is 0 Å². The SMILES string of the molecule is CC12CN3CC(C)(CN(C1)C3[C@H](O)[C@H](O)[C@@H](O)[C@H](O)CO)C2=O. The molecular weight excluding hydrogens is 304 g/mol. The van der Waals surface area contributed by atoms with Gasteiger partial charge in [0.25, 0.3) is 0 Å². The molecule has 0 aromatic rings. The van der Waals surface area contributed by atoms with Crippen LogP contribution in [0.5, 0.6) is 0 Å². The number of carbonyl (C=O) groups excluding carboxylic acids is 1. The third-order valence-corrected chi connectivity index (χ3v) is 5.64. The predicted molar refractivity (Wildman–Crippen MR) is 79.3 cm³/mol. The highest BCUT2D eigenvalue weighted by Gasteiger charge is 2.63. The van der Waals surface area contributed by atoms with Gasteiger partial charge in [0, 0.05) is 26.2 Å². The Bertz CT molecular complexity index is 460. The van der Waals surface area contributed by atoms with Gasteiger partial charge in [-0.1, -0.05) is 13.8 Å². The minimum atomic E-state index is -1.64. The lowest BCUT2D eigenvalue weighted by molar-refractivity contribution is -0.228. The normalized spacial score (nSPS) is 47.4. The largest absolute Gasteiger partial charge is 0.394 e. The molecule has 0 unspecified atom stereocenters. The fraction of sp³-hybridized carbons (Fsp3) is 0.933. The quantitative estimate of drug-likeness (QED) is 0.361. The van der Waals surface area contributed by atoms with Crippen molar-refractivity contribution < 1.29 is 30.3 Å². The highest BCUT2D eigenvalue weighted by molar-refractivity contribution is 5.92. The van der Waals surface area contributed by atoms with Gasteiger partial charge in [0.05, 0.1) is 23.6 Å². The van der Waals surface area contributed by atoms with Crippen LogP contribution in [-0.4, -0.2) is 104 Å². The second-order valence-electron chi connectivity index (χ2n) is 7.90. The van der Waals surface area contributed by atoms with E-state index in [9.17, 15) is 25.2 Å². The van der Waals surface area contributed by atoms with E-state index in [2.05, 4.69) is 0 Å². The number of Topliss-reactive ketones (excluding diaryl/α,β-unsaturated/α-hetero) is 1. The summed E-state index contributed by atoms with van der Waals surface area (Å²) in [6.45, 7) is 5.17. The molecule has 4 heterocycles. The molecule has 4 aliphatic rings. The van der Waals surface area contributed by atoms with Crippen LogP contribution in [0.1, 0.15) is 13.8 Å². The molecule has 23 heavy (non-hydrogen) atoms. The number of nitrogens with zero attached hydrogens (tertiary/aromatic N) is 2. The summed E-state index contributed by atoms with van der Waals surface area (Å²) in [5.74, 6) is 0.252. The Kier molecular flexibility index (Phi) is 4.08. The zero-order chi connectivity index (χ0) is 17.2. The number of hydrogen-bond donors (Lipinski definition) is 5. The fourth-order valence-corrected chi connectivity index (χ4v) is 4.77. The average Bonchev–Trinajstić information content (AvgIpc) is 2.48. The van der Waals surface area contributed by atoms with Crippen LogP contribution in [0.25, 0.3) is 0 Å². The topological polar surface area (TPSA) is 125 Å². The van der Waals surface area contributed by atoms with E-state index in [1.165, 1.54) is 0 Å². The first-order chi connectivity index (χ1) is 10.6. The Morgan fingerprint density at radius 3 is 1.83 bits per heavy atom. The van der Waals surface area contributed by atoms with E-state index in [0.717, 1.165) is 0 Å². The van der Waals surface area contributed by atoms with Gasteiger partial charge in [0.1, 0.15) is 30.2 Å². The molecule has 0 aromatic carbocycles. The van der Waals surface area contributed by atoms with E-state index in [1.54, 1.807) is 0 Å². The van der Waals surface area contributed by atoms with Gasteiger partial charge in [0.15, 0.2) is 0 Å². The Hall–Kier alpha value is -0.610. The Morgan fingerprint density at radius 2 is 1.43 bits per heavy atom. The summed E-state index contributed by atoms with van der Waals surface area (Å²) in [6.07, 6.45) is -6.57. The van der Waals surface area contributed by atoms with E-state index in [-0.39, 0.29) is 5.78 Å². The van der Waals surface area contributed by atoms with E-state index in [4.69, 9.17) is 5.11 Å². The zero-order valence-electron chi connectivity index (χ0n) is 13.5. The van der Waals surface area contributed by atoms with E-state index in [1.807, 2.05) is 23.6 Å². The summed E-state index contributed by atoms with van der Waals surface area (Å²) in [5, 5.41) is 48.9. The highest BCUT2D eigenvalue weighted by Crippen LogP contribution is 2.48. The van der Waals surface area contributed by atoms with Gasteiger partial charge in [-0.2, -0.15) is 0 Å². The first kappa shape index (κ1) is 17.2. The molecule has 8 nitrogen and oxygen atoms in total. The first-order valence-corrected chi connectivity index (χ1v) is 7.99. The summed E-state index contributed by atoms with van der Waals surface area (Å²) in [6, 6.07) is 0. The maximum absolute atomic E-state index is 12.6. The summed E-state index contributed by atoms with van der Waals surface area (Å²) in [5.41, 5.74) is -0.953. The lowest BCUT2D eigenvalue weighted by Gasteiger charge is -2.65. The molecular formula is C15H26N2O6. The molecule has 4 saturated heterocycles. The Balaban J connectivity index is 1.80. The smallest absolute Gasteiger partial charge is 0.149 e. The van der Waals surface area contributed by atoms with Crippen LogP contribution < -0.4 is 0 Å². The van der Waals surface area contributed by atoms with Gasteiger partial charge in [-0.3, -0.25) is 14.6 Å². The van der Waals surface area contributed by atoms with Crippen molar-refractivity contribution in [1.82, 2.24) is 9.80 Å². The third-order valence-electron chi connectivity index (χ3n) is 5.64. The zero-order valence-corrected chi connectivity index (χ0v) is 13.5. The van der Waals surface area contributed by atoms with Crippen molar-refractivity contribution in [1.29, 1.82) is 0 Å². The lowest BCUT2D eigenvalue weighted by atomic mass is 9.61. The molecule has 4 rings (SSSR count). The summed E-state index contributed by atoms with van der Waals surface area (Å²) < 4.78 is 0. The van der Waals surface area contributed by atoms with Gasteiger partial charge >= 0.3 is 0 Å². The van der Waals surface area contributed by atoms with Crippen LogP contribution in [0.3, 0.4) is 0 Å². The number of ketones is 1. The van der Waals surface area contributed by atoms with Crippen molar-refractivity contribution in [3.05, 3.63) is 0 Å². The number of aliphatic hydroxyl groups is 5. The monoisotopic (exact) mass is 330 g/mol. The molecule has 0 spiro atoms. The van der Waals surface area contributed by atoms with Crippen LogP contribution in [-0.2, 0) is 4.79 Å². The molecule has 0 saturated carbocycles. The van der Waals surface area contributed by atoms with E-state index < -0.39 is 48.0 Å². The van der Waals surface area contributed by atoms with Crippen LogP contribution in [0, 0.1) is 10.8 Å². The highest BCUT2D eigenvalue weighted by atomic mass is 16.4. The number of rotatable bonds is 5. The van der Waals surface area contributed by atoms with Crippen molar-refractivity contribution in [3.8, 4) is 0 Å². The molecule has 8 heteroatoms. The predicted octanol–water partition coefficient (Wildman–Crippen LogP) is -3.03. The number of hydrogen-bond acceptors (Lipinski definition) is 8. The maximum atomic E-state index is 12.6. The van der Waals surface area contributed by atoms with E-state index >= 15 is 0 Å². The molecule has 4 bridgehead atoms. The first-order valence-electron chi connectivity index (χ1n) is 7.99. The summed E-state index contributed by atoms with van der Waals surface area (Å²) in [7, 11) is 0. The molecule has 4 atom stereocenters. The Morgan fingerprint density at radius 1 is 1.00 bits per heavy atom. The standard InChI is InChI=1S/C15H26N2O6/c1-14-4-16-6-15(2,13(14)23)7-17(5-14)12(16)11(22)10(21)9(20)8(19)3-18/h8-12,18-22H,3-7H2,1-2H3/t8-,9+,10-,11-,12?,14?,15?/m1/s1. The Labute approximate surface area is 134 Å². The second kappa shape index (κ2) is 5.45. The van der Waals surface area contributed by atoms with E-state index in [0.29, 0.717) is 26.2 Å². The van der Waals surface area contributed by atoms with Crippen molar-refractivity contribution in [3.63, 3.8) is 0 Å². The third kappa shape index (κ3) is 2.44. The number of piperidine rings is 2. The van der Waals surface area contributed by atoms with Gasteiger partial charge in [-0.25, -0.2) is 0 Å². The molecule has 5 N–H and O–H groups in total. The van der Waals surface area contributed by atoms with Crippen molar-refractivity contribution in [2.75, 3.05) is 32.8 Å². The lowest BCUT2D eigenvalue weighted by Crippen LogP contribution is -2.80. The summed E-state index contributed by atoms with van der Waals surface area (Å²) in [4.78, 5) is 16.5. The van der Waals surface area contributed by atoms with Crippen LogP contribution in [0.15, 0.2) is 0 Å². The molecule has 4 fully saturated rings. The molecule has 0 aliphatic carbocycles. The molecule has 0 radical (unpaired) electrons. The van der Waals surface area contributed by atoms with Crippen molar-refractivity contribution >= 4 is 5.78 Å². The van der Waals surface area contributed by atoms with Crippen LogP contribution in [0.2, 0.25) is 0 Å². The molecule has 0 amide bonds. The molecule has 132 valence electrons.